The van der Waals surface area contributed by atoms with Crippen molar-refractivity contribution in [1.29, 1.82) is 0 Å². The number of nitrogens with one attached hydrogen (secondary N) is 1. The van der Waals surface area contributed by atoms with Gasteiger partial charge in [0.05, 0.1) is 11.5 Å². The van der Waals surface area contributed by atoms with Gasteiger partial charge in [-0.3, -0.25) is 4.79 Å². The van der Waals surface area contributed by atoms with Crippen molar-refractivity contribution in [3.05, 3.63) is 0 Å². The largest absolute Gasteiger partial charge is 0.341 e. The molecular weight excluding hydrogens is 288 g/mol. The molecule has 1 N–H and O–H groups in total. The lowest BCUT2D eigenvalue weighted by Crippen LogP contribution is -2.46. The second kappa shape index (κ2) is 7.58. The fraction of sp³-hybridized carbons (Fsp3) is 0.933. The van der Waals surface area contributed by atoms with Crippen LogP contribution in [0.1, 0.15) is 45.4 Å². The van der Waals surface area contributed by atoms with Crippen LogP contribution in [0.3, 0.4) is 0 Å². The highest BCUT2D eigenvalue weighted by Crippen LogP contribution is 2.22. The summed E-state index contributed by atoms with van der Waals surface area (Å²) in [6.45, 7) is 4.66. The molecular formula is C15H28N2O3S. The summed E-state index contributed by atoms with van der Waals surface area (Å²) in [5.74, 6) is 0.607. The highest BCUT2D eigenvalue weighted by atomic mass is 32.2. The van der Waals surface area contributed by atoms with Crippen molar-refractivity contribution in [2.45, 2.75) is 51.5 Å². The maximum Gasteiger partial charge on any atom is 0.222 e. The first kappa shape index (κ1) is 16.7. The predicted molar refractivity (Wildman–Crippen MR) is 83.9 cm³/mol. The van der Waals surface area contributed by atoms with Crippen LogP contribution in [-0.4, -0.2) is 56.4 Å². The monoisotopic (exact) mass is 316 g/mol. The Morgan fingerprint density at radius 2 is 2.10 bits per heavy atom. The minimum Gasteiger partial charge on any atom is -0.341 e. The molecule has 0 bridgehead atoms. The molecule has 21 heavy (non-hydrogen) atoms. The number of hydrogen-bond acceptors (Lipinski definition) is 4. The molecule has 0 saturated carbocycles. The molecule has 2 rings (SSSR count). The van der Waals surface area contributed by atoms with Crippen molar-refractivity contribution in [3.63, 3.8) is 0 Å². The molecule has 0 aromatic heterocycles. The fourth-order valence-electron chi connectivity index (χ4n) is 3.34. The highest BCUT2D eigenvalue weighted by molar-refractivity contribution is 7.91. The number of carbonyl (C=O) groups is 1. The van der Waals surface area contributed by atoms with Crippen LogP contribution in [-0.2, 0) is 14.6 Å². The van der Waals surface area contributed by atoms with Gasteiger partial charge in [0.15, 0.2) is 9.84 Å². The quantitative estimate of drug-likeness (QED) is 0.799. The van der Waals surface area contributed by atoms with Crippen LogP contribution in [0.25, 0.3) is 0 Å². The smallest absolute Gasteiger partial charge is 0.222 e. The van der Waals surface area contributed by atoms with E-state index in [1.807, 2.05) is 4.90 Å². The van der Waals surface area contributed by atoms with E-state index in [1.54, 1.807) is 0 Å². The van der Waals surface area contributed by atoms with E-state index in [0.717, 1.165) is 32.5 Å². The second-order valence-electron chi connectivity index (χ2n) is 6.46. The number of piperidine rings is 1. The highest BCUT2D eigenvalue weighted by Gasteiger charge is 2.31. The number of rotatable bonds is 6. The topological polar surface area (TPSA) is 66.5 Å². The summed E-state index contributed by atoms with van der Waals surface area (Å²) in [7, 11) is -2.89. The van der Waals surface area contributed by atoms with Crippen molar-refractivity contribution in [1.82, 2.24) is 10.2 Å². The zero-order valence-corrected chi connectivity index (χ0v) is 13.8. The fourth-order valence-corrected chi connectivity index (χ4v) is 5.20. The minimum atomic E-state index is -2.89. The molecule has 1 amide bonds. The van der Waals surface area contributed by atoms with E-state index in [2.05, 4.69) is 12.2 Å². The predicted octanol–water partition coefficient (Wildman–Crippen LogP) is 1.19. The Labute approximate surface area is 128 Å². The first-order valence-electron chi connectivity index (χ1n) is 8.22. The van der Waals surface area contributed by atoms with Gasteiger partial charge in [-0.2, -0.15) is 0 Å². The van der Waals surface area contributed by atoms with Gasteiger partial charge < -0.3 is 10.2 Å². The minimum absolute atomic E-state index is 0.0289. The number of hydrogen-bond donors (Lipinski definition) is 1. The molecule has 2 aliphatic rings. The third-order valence-electron chi connectivity index (χ3n) is 4.49. The molecule has 2 atom stereocenters. The van der Waals surface area contributed by atoms with E-state index in [4.69, 9.17) is 0 Å². The second-order valence-corrected chi connectivity index (χ2v) is 8.69. The lowest BCUT2D eigenvalue weighted by Gasteiger charge is -2.31. The molecule has 2 heterocycles. The summed E-state index contributed by atoms with van der Waals surface area (Å²) in [5, 5.41) is 3.48. The number of carbonyl (C=O) groups excluding carboxylic acids is 1. The maximum atomic E-state index is 12.5. The Morgan fingerprint density at radius 1 is 1.29 bits per heavy atom. The SMILES string of the molecule is CCCN(CC1CCCCN1)C(=O)CC1CCS(=O)(=O)C1. The summed E-state index contributed by atoms with van der Waals surface area (Å²) < 4.78 is 23.0. The lowest BCUT2D eigenvalue weighted by molar-refractivity contribution is -0.132. The van der Waals surface area contributed by atoms with E-state index >= 15 is 0 Å². The van der Waals surface area contributed by atoms with Crippen molar-refractivity contribution < 1.29 is 13.2 Å². The van der Waals surface area contributed by atoms with Gasteiger partial charge in [-0.1, -0.05) is 13.3 Å². The van der Waals surface area contributed by atoms with Crippen LogP contribution in [0, 0.1) is 5.92 Å². The normalized spacial score (nSPS) is 28.4. The molecule has 6 heteroatoms. The van der Waals surface area contributed by atoms with Gasteiger partial charge >= 0.3 is 0 Å². The van der Waals surface area contributed by atoms with Crippen LogP contribution in [0.2, 0.25) is 0 Å². The average molecular weight is 316 g/mol. The average Bonchev–Trinajstić information content (AvgIpc) is 2.78. The molecule has 0 radical (unpaired) electrons. The first-order chi connectivity index (χ1) is 10.00. The van der Waals surface area contributed by atoms with Crippen LogP contribution < -0.4 is 5.32 Å². The number of sulfone groups is 1. The molecule has 2 saturated heterocycles. The van der Waals surface area contributed by atoms with Crippen LogP contribution in [0.5, 0.6) is 0 Å². The van der Waals surface area contributed by atoms with Crippen molar-refractivity contribution in [2.24, 2.45) is 5.92 Å². The van der Waals surface area contributed by atoms with E-state index < -0.39 is 9.84 Å². The van der Waals surface area contributed by atoms with E-state index in [9.17, 15) is 13.2 Å². The molecule has 0 aliphatic carbocycles. The van der Waals surface area contributed by atoms with Gasteiger partial charge in [-0.15, -0.1) is 0 Å². The number of nitrogens with zero attached hydrogens (tertiary/aromatic N) is 1. The van der Waals surface area contributed by atoms with Crippen LogP contribution in [0.4, 0.5) is 0 Å². The molecule has 2 aliphatic heterocycles. The zero-order chi connectivity index (χ0) is 15.3. The van der Waals surface area contributed by atoms with Gasteiger partial charge in [0.1, 0.15) is 0 Å². The molecule has 5 nitrogen and oxygen atoms in total. The van der Waals surface area contributed by atoms with Gasteiger partial charge in [-0.05, 0) is 38.1 Å². The first-order valence-corrected chi connectivity index (χ1v) is 10.0. The van der Waals surface area contributed by atoms with E-state index in [-0.39, 0.29) is 23.3 Å². The molecule has 0 spiro atoms. The van der Waals surface area contributed by atoms with E-state index in [1.165, 1.54) is 12.8 Å². The molecule has 0 aromatic rings. The van der Waals surface area contributed by atoms with Crippen molar-refractivity contribution in [2.75, 3.05) is 31.1 Å². The van der Waals surface area contributed by atoms with E-state index in [0.29, 0.717) is 18.9 Å². The molecule has 122 valence electrons. The van der Waals surface area contributed by atoms with Gasteiger partial charge in [0.2, 0.25) is 5.91 Å². The summed E-state index contributed by atoms with van der Waals surface area (Å²) in [6, 6.07) is 0.404. The standard InChI is InChI=1S/C15H28N2O3S/c1-2-8-17(11-14-5-3-4-7-16-14)15(18)10-13-6-9-21(19,20)12-13/h13-14,16H,2-12H2,1H3. The Balaban J connectivity index is 1.86. The Kier molecular flexibility index (Phi) is 6.05. The zero-order valence-electron chi connectivity index (χ0n) is 13.0. The third-order valence-corrected chi connectivity index (χ3v) is 6.33. The third kappa shape index (κ3) is 5.25. The van der Waals surface area contributed by atoms with Gasteiger partial charge in [0, 0.05) is 25.6 Å². The summed E-state index contributed by atoms with van der Waals surface area (Å²) in [6.07, 6.45) is 5.57. The van der Waals surface area contributed by atoms with Crippen molar-refractivity contribution in [3.8, 4) is 0 Å². The van der Waals surface area contributed by atoms with Crippen molar-refractivity contribution >= 4 is 15.7 Å². The number of amides is 1. The molecule has 2 fully saturated rings. The van der Waals surface area contributed by atoms with Crippen LogP contribution >= 0.6 is 0 Å². The Bertz CT molecular complexity index is 444. The molecule has 0 aromatic carbocycles. The maximum absolute atomic E-state index is 12.5. The van der Waals surface area contributed by atoms with Gasteiger partial charge in [0.25, 0.3) is 0 Å². The summed E-state index contributed by atoms with van der Waals surface area (Å²) in [4.78, 5) is 14.4. The molecule has 2 unspecified atom stereocenters. The Morgan fingerprint density at radius 3 is 2.67 bits per heavy atom. The van der Waals surface area contributed by atoms with Crippen LogP contribution in [0.15, 0.2) is 0 Å². The lowest BCUT2D eigenvalue weighted by atomic mass is 10.0. The Hall–Kier alpha value is -0.620. The summed E-state index contributed by atoms with van der Waals surface area (Å²) in [5.41, 5.74) is 0. The summed E-state index contributed by atoms with van der Waals surface area (Å²) >= 11 is 0. The van der Waals surface area contributed by atoms with Gasteiger partial charge in [-0.25, -0.2) is 8.42 Å².